The normalized spacial score (nSPS) is 12.4. The van der Waals surface area contributed by atoms with Gasteiger partial charge in [0.2, 0.25) is 0 Å². The molecular weight excluding hydrogens is 266 g/mol. The second kappa shape index (κ2) is 7.04. The van der Waals surface area contributed by atoms with Crippen molar-refractivity contribution in [3.8, 4) is 5.69 Å². The zero-order valence-electron chi connectivity index (χ0n) is 12.4. The molecule has 1 aromatic carbocycles. The third-order valence-electron chi connectivity index (χ3n) is 3.34. The number of hydrogen-bond donors (Lipinski definition) is 2. The molecule has 2 N–H and O–H groups in total. The minimum Gasteiger partial charge on any atom is -0.393 e. The third-order valence-corrected chi connectivity index (χ3v) is 3.34. The second-order valence-electron chi connectivity index (χ2n) is 5.34. The molecule has 0 saturated carbocycles. The molecule has 5 nitrogen and oxygen atoms in total. The van der Waals surface area contributed by atoms with Gasteiger partial charge in [0, 0.05) is 12.7 Å². The first kappa shape index (κ1) is 15.3. The highest BCUT2D eigenvalue weighted by Gasteiger charge is 2.12. The Labute approximate surface area is 124 Å². The molecule has 1 atom stereocenters. The summed E-state index contributed by atoms with van der Waals surface area (Å²) in [6, 6.07) is 11.3. The number of aliphatic hydroxyl groups is 1. The predicted molar refractivity (Wildman–Crippen MR) is 81.4 cm³/mol. The molecule has 0 saturated heterocycles. The van der Waals surface area contributed by atoms with Crippen molar-refractivity contribution < 1.29 is 9.90 Å². The molecule has 1 heterocycles. The van der Waals surface area contributed by atoms with Crippen molar-refractivity contribution in [1.29, 1.82) is 0 Å². The number of rotatable bonds is 6. The van der Waals surface area contributed by atoms with Crippen molar-refractivity contribution in [2.45, 2.75) is 26.4 Å². The number of benzene rings is 1. The number of para-hydroxylation sites is 1. The highest BCUT2D eigenvalue weighted by atomic mass is 16.3. The number of carbonyl (C=O) groups is 1. The number of carbonyl (C=O) groups excluding carboxylic acids is 1. The Hall–Kier alpha value is -2.14. The summed E-state index contributed by atoms with van der Waals surface area (Å²) in [5.41, 5.74) is 1.28. The molecule has 0 aliphatic carbocycles. The summed E-state index contributed by atoms with van der Waals surface area (Å²) in [5.74, 6) is -0.0279. The predicted octanol–water partition coefficient (Wildman–Crippen LogP) is 2.01. The van der Waals surface area contributed by atoms with Gasteiger partial charge in [-0.3, -0.25) is 4.79 Å². The summed E-state index contributed by atoms with van der Waals surface area (Å²) < 4.78 is 1.66. The SMILES string of the molecule is CC(C)[C@@H](O)CCNC(=O)c1ccn(-c2ccccc2)n1. The van der Waals surface area contributed by atoms with E-state index in [4.69, 9.17) is 0 Å². The van der Waals surface area contributed by atoms with Crippen molar-refractivity contribution >= 4 is 5.91 Å². The Kier molecular flexibility index (Phi) is 5.11. The van der Waals surface area contributed by atoms with Gasteiger partial charge in [0.15, 0.2) is 5.69 Å². The van der Waals surface area contributed by atoms with Crippen LogP contribution in [0.5, 0.6) is 0 Å². The molecule has 112 valence electrons. The lowest BCUT2D eigenvalue weighted by Crippen LogP contribution is -2.29. The highest BCUT2D eigenvalue weighted by Crippen LogP contribution is 2.07. The molecule has 0 aliphatic heterocycles. The fraction of sp³-hybridized carbons (Fsp3) is 0.375. The summed E-state index contributed by atoms with van der Waals surface area (Å²) in [6.07, 6.45) is 1.91. The largest absolute Gasteiger partial charge is 0.393 e. The molecule has 0 radical (unpaired) electrons. The molecule has 0 spiro atoms. The zero-order valence-corrected chi connectivity index (χ0v) is 12.4. The fourth-order valence-electron chi connectivity index (χ4n) is 1.93. The average molecular weight is 287 g/mol. The first-order valence-electron chi connectivity index (χ1n) is 7.15. The van der Waals surface area contributed by atoms with Crippen LogP contribution >= 0.6 is 0 Å². The average Bonchev–Trinajstić information content (AvgIpc) is 2.97. The lowest BCUT2D eigenvalue weighted by molar-refractivity contribution is 0.0915. The van der Waals surface area contributed by atoms with Crippen molar-refractivity contribution in [1.82, 2.24) is 15.1 Å². The van der Waals surface area contributed by atoms with E-state index in [9.17, 15) is 9.90 Å². The maximum Gasteiger partial charge on any atom is 0.271 e. The van der Waals surface area contributed by atoms with E-state index in [0.717, 1.165) is 5.69 Å². The summed E-state index contributed by atoms with van der Waals surface area (Å²) in [4.78, 5) is 12.0. The van der Waals surface area contributed by atoms with Gasteiger partial charge in [0.05, 0.1) is 11.8 Å². The van der Waals surface area contributed by atoms with Crippen LogP contribution in [0.3, 0.4) is 0 Å². The van der Waals surface area contributed by atoms with Crippen LogP contribution in [0, 0.1) is 5.92 Å². The maximum atomic E-state index is 12.0. The topological polar surface area (TPSA) is 67.2 Å². The van der Waals surface area contributed by atoms with Crippen molar-refractivity contribution in [2.75, 3.05) is 6.54 Å². The van der Waals surface area contributed by atoms with Gasteiger partial charge in [0.1, 0.15) is 0 Å². The molecule has 0 aliphatic rings. The standard InChI is InChI=1S/C16H21N3O2/c1-12(2)15(20)8-10-17-16(21)14-9-11-19(18-14)13-6-4-3-5-7-13/h3-7,9,11-12,15,20H,8,10H2,1-2H3,(H,17,21)/t15-/m0/s1. The van der Waals surface area contributed by atoms with Crippen LogP contribution in [-0.2, 0) is 0 Å². The number of amides is 1. The number of nitrogens with one attached hydrogen (secondary N) is 1. The minimum atomic E-state index is -0.396. The number of aromatic nitrogens is 2. The van der Waals surface area contributed by atoms with Crippen LogP contribution in [-0.4, -0.2) is 33.4 Å². The van der Waals surface area contributed by atoms with E-state index < -0.39 is 6.10 Å². The van der Waals surface area contributed by atoms with Crippen LogP contribution < -0.4 is 5.32 Å². The Morgan fingerprint density at radius 2 is 2.00 bits per heavy atom. The first-order valence-corrected chi connectivity index (χ1v) is 7.15. The number of aliphatic hydroxyl groups excluding tert-OH is 1. The van der Waals surface area contributed by atoms with Gasteiger partial charge in [-0.2, -0.15) is 5.10 Å². The molecule has 2 aromatic rings. The van der Waals surface area contributed by atoms with Crippen LogP contribution in [0.15, 0.2) is 42.6 Å². The molecule has 0 fully saturated rings. The van der Waals surface area contributed by atoms with Crippen LogP contribution in [0.1, 0.15) is 30.8 Å². The molecule has 1 aromatic heterocycles. The highest BCUT2D eigenvalue weighted by molar-refractivity contribution is 5.92. The Morgan fingerprint density at radius 1 is 1.29 bits per heavy atom. The summed E-state index contributed by atoms with van der Waals surface area (Å²) in [5, 5.41) is 16.7. The molecule has 5 heteroatoms. The Bertz CT molecular complexity index is 578. The van der Waals surface area contributed by atoms with Crippen LogP contribution in [0.4, 0.5) is 0 Å². The summed E-state index contributed by atoms with van der Waals surface area (Å²) >= 11 is 0. The van der Waals surface area contributed by atoms with E-state index in [0.29, 0.717) is 18.7 Å². The van der Waals surface area contributed by atoms with E-state index in [1.165, 1.54) is 0 Å². The van der Waals surface area contributed by atoms with Gasteiger partial charge < -0.3 is 10.4 Å². The molecule has 1 amide bonds. The smallest absolute Gasteiger partial charge is 0.271 e. The van der Waals surface area contributed by atoms with E-state index in [-0.39, 0.29) is 11.8 Å². The third kappa shape index (κ3) is 4.16. The van der Waals surface area contributed by atoms with E-state index in [1.54, 1.807) is 16.9 Å². The second-order valence-corrected chi connectivity index (χ2v) is 5.34. The zero-order chi connectivity index (χ0) is 15.2. The molecule has 21 heavy (non-hydrogen) atoms. The van der Waals surface area contributed by atoms with Gasteiger partial charge in [0.25, 0.3) is 5.91 Å². The monoisotopic (exact) mass is 287 g/mol. The van der Waals surface area contributed by atoms with Crippen molar-refractivity contribution in [3.05, 3.63) is 48.3 Å². The maximum absolute atomic E-state index is 12.0. The number of nitrogens with zero attached hydrogens (tertiary/aromatic N) is 2. The molecule has 0 bridgehead atoms. The van der Waals surface area contributed by atoms with Crippen molar-refractivity contribution in [3.63, 3.8) is 0 Å². The molecule has 2 rings (SSSR count). The van der Waals surface area contributed by atoms with Gasteiger partial charge in [-0.25, -0.2) is 4.68 Å². The quantitative estimate of drug-likeness (QED) is 0.854. The van der Waals surface area contributed by atoms with Gasteiger partial charge in [-0.15, -0.1) is 0 Å². The minimum absolute atomic E-state index is 0.194. The number of hydrogen-bond acceptors (Lipinski definition) is 3. The summed E-state index contributed by atoms with van der Waals surface area (Å²) in [6.45, 7) is 4.35. The molecular formula is C16H21N3O2. The molecule has 0 unspecified atom stereocenters. The van der Waals surface area contributed by atoms with Crippen LogP contribution in [0.2, 0.25) is 0 Å². The van der Waals surface area contributed by atoms with Crippen LogP contribution in [0.25, 0.3) is 5.69 Å². The lowest BCUT2D eigenvalue weighted by Gasteiger charge is -2.14. The van der Waals surface area contributed by atoms with E-state index in [2.05, 4.69) is 10.4 Å². The summed E-state index contributed by atoms with van der Waals surface area (Å²) in [7, 11) is 0. The fourth-order valence-corrected chi connectivity index (χ4v) is 1.93. The van der Waals surface area contributed by atoms with Crippen molar-refractivity contribution in [2.24, 2.45) is 5.92 Å². The van der Waals surface area contributed by atoms with E-state index in [1.807, 2.05) is 44.2 Å². The van der Waals surface area contributed by atoms with Gasteiger partial charge in [-0.1, -0.05) is 32.0 Å². The lowest BCUT2D eigenvalue weighted by atomic mass is 10.0. The Balaban J connectivity index is 1.91. The van der Waals surface area contributed by atoms with Gasteiger partial charge >= 0.3 is 0 Å². The van der Waals surface area contributed by atoms with Gasteiger partial charge in [-0.05, 0) is 30.5 Å². The Morgan fingerprint density at radius 3 is 2.67 bits per heavy atom. The van der Waals surface area contributed by atoms with E-state index >= 15 is 0 Å². The first-order chi connectivity index (χ1) is 10.1.